The molecule has 1 aromatic carbocycles. The summed E-state index contributed by atoms with van der Waals surface area (Å²) in [5.74, 6) is 1.81. The Morgan fingerprint density at radius 1 is 1.23 bits per heavy atom. The molecule has 6 nitrogen and oxygen atoms in total. The van der Waals surface area contributed by atoms with Gasteiger partial charge in [0.15, 0.2) is 0 Å². The maximum Gasteiger partial charge on any atom is 0.220 e. The minimum Gasteiger partial charge on any atom is -0.361 e. The van der Waals surface area contributed by atoms with Gasteiger partial charge in [-0.05, 0) is 38.3 Å². The number of carbonyl (C=O) groups excluding carboxylic acids is 1. The Morgan fingerprint density at radius 2 is 2.04 bits per heavy atom. The van der Waals surface area contributed by atoms with Crippen molar-refractivity contribution in [2.45, 2.75) is 46.7 Å². The first-order valence-corrected chi connectivity index (χ1v) is 8.77. The number of amides is 1. The van der Waals surface area contributed by atoms with Crippen LogP contribution >= 0.6 is 0 Å². The third kappa shape index (κ3) is 4.39. The summed E-state index contributed by atoms with van der Waals surface area (Å²) in [6.45, 7) is 7.07. The first-order valence-electron chi connectivity index (χ1n) is 8.77. The van der Waals surface area contributed by atoms with Crippen LogP contribution in [-0.4, -0.2) is 20.6 Å². The molecule has 0 aliphatic carbocycles. The first-order chi connectivity index (χ1) is 12.5. The maximum atomic E-state index is 12.1. The van der Waals surface area contributed by atoms with Gasteiger partial charge in [0.2, 0.25) is 5.91 Å². The smallest absolute Gasteiger partial charge is 0.220 e. The zero-order chi connectivity index (χ0) is 18.5. The minimum absolute atomic E-state index is 0.0286. The SMILES string of the molecule is Cc1noc(C)c1CCC(=O)NCc1cccc(Cn2ccnc2C)c1. The van der Waals surface area contributed by atoms with Gasteiger partial charge >= 0.3 is 0 Å². The molecule has 136 valence electrons. The fraction of sp³-hybridized carbons (Fsp3) is 0.350. The zero-order valence-electron chi connectivity index (χ0n) is 15.5. The molecule has 3 aromatic rings. The van der Waals surface area contributed by atoms with E-state index >= 15 is 0 Å². The second-order valence-electron chi connectivity index (χ2n) is 6.50. The van der Waals surface area contributed by atoms with Gasteiger partial charge in [-0.15, -0.1) is 0 Å². The third-order valence-corrected chi connectivity index (χ3v) is 4.54. The highest BCUT2D eigenvalue weighted by Crippen LogP contribution is 2.14. The summed E-state index contributed by atoms with van der Waals surface area (Å²) < 4.78 is 7.23. The Morgan fingerprint density at radius 3 is 2.73 bits per heavy atom. The van der Waals surface area contributed by atoms with Crippen LogP contribution in [0.1, 0.15) is 40.4 Å². The number of imidazole rings is 1. The van der Waals surface area contributed by atoms with Crippen molar-refractivity contribution < 1.29 is 9.32 Å². The highest BCUT2D eigenvalue weighted by atomic mass is 16.5. The lowest BCUT2D eigenvalue weighted by atomic mass is 10.1. The standard InChI is InChI=1S/C20H24N4O2/c1-14-19(15(2)26-23-14)7-8-20(25)22-12-17-5-4-6-18(11-17)13-24-10-9-21-16(24)3/h4-6,9-11H,7-8,12-13H2,1-3H3,(H,22,25). The van der Waals surface area contributed by atoms with Gasteiger partial charge in [0.05, 0.1) is 5.69 Å². The van der Waals surface area contributed by atoms with Gasteiger partial charge in [0.25, 0.3) is 0 Å². The summed E-state index contributed by atoms with van der Waals surface area (Å²) in [5.41, 5.74) is 4.16. The van der Waals surface area contributed by atoms with E-state index in [0.29, 0.717) is 19.4 Å². The van der Waals surface area contributed by atoms with E-state index < -0.39 is 0 Å². The van der Waals surface area contributed by atoms with Gasteiger partial charge in [-0.3, -0.25) is 4.79 Å². The maximum absolute atomic E-state index is 12.1. The fourth-order valence-corrected chi connectivity index (χ4v) is 2.99. The van der Waals surface area contributed by atoms with E-state index in [-0.39, 0.29) is 5.91 Å². The fourth-order valence-electron chi connectivity index (χ4n) is 2.99. The topological polar surface area (TPSA) is 73.0 Å². The van der Waals surface area contributed by atoms with Gasteiger partial charge < -0.3 is 14.4 Å². The zero-order valence-corrected chi connectivity index (χ0v) is 15.5. The third-order valence-electron chi connectivity index (χ3n) is 4.54. The second-order valence-corrected chi connectivity index (χ2v) is 6.50. The van der Waals surface area contributed by atoms with Crippen molar-refractivity contribution in [2.75, 3.05) is 0 Å². The average Bonchev–Trinajstić information content (AvgIpc) is 3.17. The number of nitrogens with zero attached hydrogens (tertiary/aromatic N) is 3. The Hall–Kier alpha value is -2.89. The van der Waals surface area contributed by atoms with Crippen LogP contribution in [0.2, 0.25) is 0 Å². The van der Waals surface area contributed by atoms with Gasteiger partial charge in [0, 0.05) is 37.5 Å². The molecule has 2 aromatic heterocycles. The van der Waals surface area contributed by atoms with Gasteiger partial charge in [0.1, 0.15) is 11.6 Å². The molecule has 0 radical (unpaired) electrons. The molecule has 3 rings (SSSR count). The van der Waals surface area contributed by atoms with Crippen LogP contribution in [0.3, 0.4) is 0 Å². The van der Waals surface area contributed by atoms with E-state index in [4.69, 9.17) is 4.52 Å². The Kier molecular flexibility index (Phi) is 5.51. The Balaban J connectivity index is 1.52. The summed E-state index contributed by atoms with van der Waals surface area (Å²) in [7, 11) is 0. The summed E-state index contributed by atoms with van der Waals surface area (Å²) in [4.78, 5) is 16.4. The first kappa shape index (κ1) is 17.9. The van der Waals surface area contributed by atoms with Crippen LogP contribution < -0.4 is 5.32 Å². The lowest BCUT2D eigenvalue weighted by Gasteiger charge is -2.09. The number of hydrogen-bond acceptors (Lipinski definition) is 4. The number of nitrogens with one attached hydrogen (secondary N) is 1. The van der Waals surface area contributed by atoms with Crippen molar-refractivity contribution in [1.82, 2.24) is 20.0 Å². The molecule has 0 unspecified atom stereocenters. The van der Waals surface area contributed by atoms with Crippen molar-refractivity contribution in [3.63, 3.8) is 0 Å². The molecule has 0 spiro atoms. The Labute approximate surface area is 153 Å². The van der Waals surface area contributed by atoms with Crippen LogP contribution in [0.15, 0.2) is 41.2 Å². The molecule has 0 aliphatic heterocycles. The molecule has 0 atom stereocenters. The normalized spacial score (nSPS) is 10.9. The highest BCUT2D eigenvalue weighted by molar-refractivity contribution is 5.76. The molecule has 0 bridgehead atoms. The molecule has 6 heteroatoms. The van der Waals surface area contributed by atoms with E-state index in [2.05, 4.69) is 32.2 Å². The van der Waals surface area contributed by atoms with Crippen LogP contribution in [0.25, 0.3) is 0 Å². The number of aryl methyl sites for hydroxylation is 3. The summed E-state index contributed by atoms with van der Waals surface area (Å²) in [6, 6.07) is 8.25. The lowest BCUT2D eigenvalue weighted by Crippen LogP contribution is -2.23. The second kappa shape index (κ2) is 7.99. The highest BCUT2D eigenvalue weighted by Gasteiger charge is 2.11. The van der Waals surface area contributed by atoms with E-state index in [1.165, 1.54) is 5.56 Å². The predicted octanol–water partition coefficient (Wildman–Crippen LogP) is 3.09. The van der Waals surface area contributed by atoms with E-state index in [9.17, 15) is 4.79 Å². The van der Waals surface area contributed by atoms with Gasteiger partial charge in [-0.25, -0.2) is 4.98 Å². The molecule has 1 N–H and O–H groups in total. The van der Waals surface area contributed by atoms with Crippen LogP contribution in [0.5, 0.6) is 0 Å². The predicted molar refractivity (Wildman–Crippen MR) is 98.7 cm³/mol. The number of carbonyl (C=O) groups is 1. The molecule has 0 saturated heterocycles. The number of hydrogen-bond donors (Lipinski definition) is 1. The van der Waals surface area contributed by atoms with Gasteiger partial charge in [-0.1, -0.05) is 29.4 Å². The quantitative estimate of drug-likeness (QED) is 0.709. The van der Waals surface area contributed by atoms with Crippen molar-refractivity contribution in [1.29, 1.82) is 0 Å². The molecule has 0 fully saturated rings. The largest absolute Gasteiger partial charge is 0.361 e. The van der Waals surface area contributed by atoms with Crippen molar-refractivity contribution in [3.8, 4) is 0 Å². The molecule has 0 aliphatic rings. The van der Waals surface area contributed by atoms with Crippen LogP contribution in [-0.2, 0) is 24.3 Å². The average molecular weight is 352 g/mol. The number of benzene rings is 1. The van der Waals surface area contributed by atoms with Crippen LogP contribution in [0.4, 0.5) is 0 Å². The number of aromatic nitrogens is 3. The molecular formula is C20H24N4O2. The summed E-state index contributed by atoms with van der Waals surface area (Å²) in [6.07, 6.45) is 4.85. The van der Waals surface area contributed by atoms with Crippen molar-refractivity contribution in [3.05, 3.63) is 70.6 Å². The summed E-state index contributed by atoms with van der Waals surface area (Å²) in [5, 5.41) is 6.91. The van der Waals surface area contributed by atoms with Crippen molar-refractivity contribution >= 4 is 5.91 Å². The Bertz CT molecular complexity index is 875. The van der Waals surface area contributed by atoms with E-state index in [1.807, 2.05) is 39.1 Å². The van der Waals surface area contributed by atoms with E-state index in [0.717, 1.165) is 35.0 Å². The summed E-state index contributed by atoms with van der Waals surface area (Å²) >= 11 is 0. The monoisotopic (exact) mass is 352 g/mol. The lowest BCUT2D eigenvalue weighted by molar-refractivity contribution is -0.121. The molecule has 2 heterocycles. The molecule has 1 amide bonds. The van der Waals surface area contributed by atoms with Crippen molar-refractivity contribution in [2.24, 2.45) is 0 Å². The minimum atomic E-state index is 0.0286. The molecule has 0 saturated carbocycles. The van der Waals surface area contributed by atoms with E-state index in [1.54, 1.807) is 6.20 Å². The number of rotatable bonds is 7. The van der Waals surface area contributed by atoms with Gasteiger partial charge in [-0.2, -0.15) is 0 Å². The molecule has 26 heavy (non-hydrogen) atoms. The van der Waals surface area contributed by atoms with Crippen LogP contribution in [0, 0.1) is 20.8 Å². The molecular weight excluding hydrogens is 328 g/mol.